The van der Waals surface area contributed by atoms with Gasteiger partial charge < -0.3 is 9.47 Å². The van der Waals surface area contributed by atoms with Crippen LogP contribution in [0.25, 0.3) is 22.7 Å². The van der Waals surface area contributed by atoms with Crippen molar-refractivity contribution in [1.29, 1.82) is 0 Å². The summed E-state index contributed by atoms with van der Waals surface area (Å²) >= 11 is 0. The Labute approximate surface area is 309 Å². The van der Waals surface area contributed by atoms with E-state index >= 15 is 0 Å². The SMILES string of the molecule is C=N/C=C\c1c(C)n(-c2ccc(N3c4ccccc4C4(c5ccccc5N(c5ccccc5)c5ccccc54)c4ccccc43)nc2)c2ccccc12. The molecule has 0 atom stereocenters. The molecule has 8 aromatic rings. The fourth-order valence-electron chi connectivity index (χ4n) is 8.88. The van der Waals surface area contributed by atoms with Gasteiger partial charge in [-0.1, -0.05) is 109 Å². The number of aliphatic imine (C=N–C) groups is 1. The van der Waals surface area contributed by atoms with Crippen molar-refractivity contribution in [3.05, 3.63) is 210 Å². The normalized spacial score (nSPS) is 13.8. The zero-order valence-corrected chi connectivity index (χ0v) is 29.3. The zero-order valence-electron chi connectivity index (χ0n) is 29.3. The van der Waals surface area contributed by atoms with Crippen LogP contribution in [0.1, 0.15) is 33.5 Å². The van der Waals surface area contributed by atoms with Crippen molar-refractivity contribution >= 4 is 58.0 Å². The maximum absolute atomic E-state index is 5.22. The molecule has 0 N–H and O–H groups in total. The number of fused-ring (bicyclic) bond motifs is 9. The lowest BCUT2D eigenvalue weighted by molar-refractivity contribution is 0.718. The molecule has 2 aromatic heterocycles. The first-order chi connectivity index (χ1) is 26.2. The predicted octanol–water partition coefficient (Wildman–Crippen LogP) is 12.0. The lowest BCUT2D eigenvalue weighted by Gasteiger charge is -2.51. The number of nitrogens with zero attached hydrogens (tertiary/aromatic N) is 5. The Balaban J connectivity index is 1.19. The summed E-state index contributed by atoms with van der Waals surface area (Å²) in [6.07, 6.45) is 5.77. The molecule has 10 rings (SSSR count). The Kier molecular flexibility index (Phi) is 7.02. The molecule has 5 nitrogen and oxygen atoms in total. The van der Waals surface area contributed by atoms with E-state index in [1.54, 1.807) is 6.20 Å². The van der Waals surface area contributed by atoms with Crippen LogP contribution >= 0.6 is 0 Å². The molecule has 252 valence electrons. The predicted molar refractivity (Wildman–Crippen MR) is 219 cm³/mol. The Morgan fingerprint density at radius 1 is 0.547 bits per heavy atom. The number of hydrogen-bond donors (Lipinski definition) is 0. The summed E-state index contributed by atoms with van der Waals surface area (Å²) in [4.78, 5) is 13.9. The van der Waals surface area contributed by atoms with Gasteiger partial charge >= 0.3 is 0 Å². The van der Waals surface area contributed by atoms with Crippen LogP contribution in [0, 0.1) is 6.92 Å². The lowest BCUT2D eigenvalue weighted by Crippen LogP contribution is -2.42. The number of anilines is 6. The molecule has 1 spiro atoms. The standard InChI is InChI=1S/C48H35N5/c1-33-36(30-31-49-2)37-18-6-11-23-42(37)51(33)35-28-29-47(50-32-35)53-45-26-14-9-21-40(45)48(41-22-10-15-27-46(41)53)38-19-7-12-24-43(38)52(34-16-4-3-5-17-34)44-25-13-8-20-39(44)48/h3-32H,2H2,1H3/b31-30-. The minimum atomic E-state index is -0.576. The molecule has 0 bridgehead atoms. The molecule has 0 aliphatic carbocycles. The second kappa shape index (κ2) is 12.1. The van der Waals surface area contributed by atoms with Crippen LogP contribution in [0.5, 0.6) is 0 Å². The monoisotopic (exact) mass is 681 g/mol. The maximum atomic E-state index is 5.22. The number of rotatable bonds is 5. The number of para-hydroxylation sites is 6. The van der Waals surface area contributed by atoms with E-state index in [1.807, 2.05) is 12.3 Å². The van der Waals surface area contributed by atoms with Crippen LogP contribution in [0.15, 0.2) is 181 Å². The Hall–Kier alpha value is -6.98. The summed E-state index contributed by atoms with van der Waals surface area (Å²) in [7, 11) is 0. The molecule has 4 heterocycles. The average molecular weight is 682 g/mol. The highest BCUT2D eigenvalue weighted by molar-refractivity contribution is 5.96. The van der Waals surface area contributed by atoms with Crippen LogP contribution in [0.4, 0.5) is 34.3 Å². The lowest BCUT2D eigenvalue weighted by atomic mass is 9.60. The van der Waals surface area contributed by atoms with E-state index in [9.17, 15) is 0 Å². The number of pyridine rings is 1. The second-order valence-corrected chi connectivity index (χ2v) is 13.5. The number of aromatic nitrogens is 2. The van der Waals surface area contributed by atoms with Crippen molar-refractivity contribution in [2.24, 2.45) is 4.99 Å². The van der Waals surface area contributed by atoms with Crippen LogP contribution in [-0.4, -0.2) is 16.3 Å². The highest BCUT2D eigenvalue weighted by Crippen LogP contribution is 2.63. The van der Waals surface area contributed by atoms with Gasteiger partial charge in [-0.2, -0.15) is 0 Å². The Morgan fingerprint density at radius 2 is 1.06 bits per heavy atom. The van der Waals surface area contributed by atoms with E-state index in [0.29, 0.717) is 0 Å². The third-order valence-corrected chi connectivity index (χ3v) is 10.9. The van der Waals surface area contributed by atoms with E-state index in [0.717, 1.165) is 50.7 Å². The van der Waals surface area contributed by atoms with Crippen molar-refractivity contribution in [2.75, 3.05) is 9.80 Å². The number of benzene rings is 6. The van der Waals surface area contributed by atoms with Gasteiger partial charge in [0.05, 0.1) is 45.6 Å². The van der Waals surface area contributed by atoms with Gasteiger partial charge in [-0.05, 0) is 96.6 Å². The summed E-state index contributed by atoms with van der Waals surface area (Å²) in [5.74, 6) is 0.858. The molecule has 0 amide bonds. The molecule has 5 heteroatoms. The molecule has 2 aliphatic heterocycles. The summed E-state index contributed by atoms with van der Waals surface area (Å²) < 4.78 is 2.27. The highest BCUT2D eigenvalue weighted by atomic mass is 15.2. The van der Waals surface area contributed by atoms with E-state index in [-0.39, 0.29) is 0 Å². The van der Waals surface area contributed by atoms with Crippen molar-refractivity contribution < 1.29 is 0 Å². The smallest absolute Gasteiger partial charge is 0.137 e. The van der Waals surface area contributed by atoms with E-state index in [4.69, 9.17) is 4.98 Å². The van der Waals surface area contributed by atoms with Gasteiger partial charge in [0.2, 0.25) is 0 Å². The van der Waals surface area contributed by atoms with Crippen molar-refractivity contribution in [2.45, 2.75) is 12.3 Å². The quantitative estimate of drug-likeness (QED) is 0.170. The fourth-order valence-corrected chi connectivity index (χ4v) is 8.88. The van der Waals surface area contributed by atoms with E-state index < -0.39 is 5.41 Å². The van der Waals surface area contributed by atoms with E-state index in [2.05, 4.69) is 197 Å². The van der Waals surface area contributed by atoms with Gasteiger partial charge in [-0.15, -0.1) is 0 Å². The van der Waals surface area contributed by atoms with Crippen LogP contribution < -0.4 is 9.80 Å². The maximum Gasteiger partial charge on any atom is 0.137 e. The fraction of sp³-hybridized carbons (Fsp3) is 0.0417. The van der Waals surface area contributed by atoms with Gasteiger partial charge in [-0.25, -0.2) is 4.98 Å². The van der Waals surface area contributed by atoms with Gasteiger partial charge in [0.15, 0.2) is 0 Å². The molecule has 2 aliphatic rings. The molecule has 53 heavy (non-hydrogen) atoms. The first kappa shape index (κ1) is 30.8. The molecular formula is C48H35N5. The summed E-state index contributed by atoms with van der Waals surface area (Å²) in [5.41, 5.74) is 14.4. The molecule has 0 saturated heterocycles. The van der Waals surface area contributed by atoms with Crippen LogP contribution in [0.3, 0.4) is 0 Å². The summed E-state index contributed by atoms with van der Waals surface area (Å²) in [6, 6.07) is 59.0. The topological polar surface area (TPSA) is 36.7 Å². The average Bonchev–Trinajstić information content (AvgIpc) is 3.50. The molecule has 0 unspecified atom stereocenters. The Bertz CT molecular complexity index is 2630. The van der Waals surface area contributed by atoms with Gasteiger partial charge in [-0.3, -0.25) is 9.89 Å². The largest absolute Gasteiger partial charge is 0.312 e. The first-order valence-electron chi connectivity index (χ1n) is 17.9. The molecular weight excluding hydrogens is 647 g/mol. The minimum absolute atomic E-state index is 0.576. The molecule has 6 aromatic carbocycles. The minimum Gasteiger partial charge on any atom is -0.312 e. The third kappa shape index (κ3) is 4.37. The van der Waals surface area contributed by atoms with Gasteiger partial charge in [0, 0.05) is 28.5 Å². The number of hydrogen-bond acceptors (Lipinski definition) is 4. The highest BCUT2D eigenvalue weighted by Gasteiger charge is 2.51. The molecule has 0 radical (unpaired) electrons. The molecule has 0 fully saturated rings. The van der Waals surface area contributed by atoms with Crippen molar-refractivity contribution in [1.82, 2.24) is 9.55 Å². The summed E-state index contributed by atoms with van der Waals surface area (Å²) in [6.45, 7) is 5.79. The summed E-state index contributed by atoms with van der Waals surface area (Å²) in [5, 5.41) is 1.16. The first-order valence-corrected chi connectivity index (χ1v) is 17.9. The third-order valence-electron chi connectivity index (χ3n) is 10.9. The van der Waals surface area contributed by atoms with E-state index in [1.165, 1.54) is 33.6 Å². The van der Waals surface area contributed by atoms with Crippen molar-refractivity contribution in [3.63, 3.8) is 0 Å². The van der Waals surface area contributed by atoms with Crippen molar-refractivity contribution in [3.8, 4) is 5.69 Å². The molecule has 0 saturated carbocycles. The zero-order chi connectivity index (χ0) is 35.5. The van der Waals surface area contributed by atoms with Crippen LogP contribution in [-0.2, 0) is 5.41 Å². The van der Waals surface area contributed by atoms with Gasteiger partial charge in [0.25, 0.3) is 0 Å². The van der Waals surface area contributed by atoms with Gasteiger partial charge in [0.1, 0.15) is 5.82 Å². The second-order valence-electron chi connectivity index (χ2n) is 13.5. The Morgan fingerprint density at radius 3 is 1.60 bits per heavy atom. The van der Waals surface area contributed by atoms with Crippen LogP contribution in [0.2, 0.25) is 0 Å².